The predicted molar refractivity (Wildman–Crippen MR) is 89.7 cm³/mol. The molecule has 0 spiro atoms. The number of hydrogen-bond donors (Lipinski definition) is 2. The van der Waals surface area contributed by atoms with E-state index in [0.717, 1.165) is 25.5 Å². The Morgan fingerprint density at radius 3 is 3.05 bits per heavy atom. The molecule has 1 aromatic rings. The zero-order valence-corrected chi connectivity index (χ0v) is 12.9. The number of benzene rings is 1. The second-order valence-electron chi connectivity index (χ2n) is 5.24. The molecule has 0 saturated carbocycles. The Bertz CT molecular complexity index is 542. The third kappa shape index (κ3) is 4.16. The Kier molecular flexibility index (Phi) is 5.51. The van der Waals surface area contributed by atoms with Crippen LogP contribution in [-0.4, -0.2) is 32.6 Å². The largest absolute Gasteiger partial charge is 0.374 e. The lowest BCUT2D eigenvalue weighted by Crippen LogP contribution is -2.37. The van der Waals surface area contributed by atoms with Crippen LogP contribution in [0.3, 0.4) is 0 Å². The van der Waals surface area contributed by atoms with Gasteiger partial charge in [-0.15, -0.1) is 6.42 Å². The van der Waals surface area contributed by atoms with Gasteiger partial charge in [0.25, 0.3) is 0 Å². The van der Waals surface area contributed by atoms with Crippen molar-refractivity contribution < 1.29 is 0 Å². The van der Waals surface area contributed by atoms with Crippen LogP contribution in [0.25, 0.3) is 0 Å². The van der Waals surface area contributed by atoms with Crippen molar-refractivity contribution in [2.45, 2.75) is 26.3 Å². The SMILES string of the molecule is C#CCNC(=NCc1ccc2c(c1)CCCN2C)NCC. The number of nitrogens with zero attached hydrogens (tertiary/aromatic N) is 2. The summed E-state index contributed by atoms with van der Waals surface area (Å²) in [5, 5.41) is 6.30. The van der Waals surface area contributed by atoms with E-state index in [1.807, 2.05) is 6.92 Å². The van der Waals surface area contributed by atoms with Gasteiger partial charge in [0.2, 0.25) is 0 Å². The van der Waals surface area contributed by atoms with Crippen LogP contribution in [-0.2, 0) is 13.0 Å². The molecule has 1 aromatic carbocycles. The molecule has 21 heavy (non-hydrogen) atoms. The zero-order valence-electron chi connectivity index (χ0n) is 12.9. The summed E-state index contributed by atoms with van der Waals surface area (Å²) in [5.74, 6) is 3.33. The summed E-state index contributed by atoms with van der Waals surface area (Å²) >= 11 is 0. The topological polar surface area (TPSA) is 39.7 Å². The Hall–Kier alpha value is -2.15. The lowest BCUT2D eigenvalue weighted by molar-refractivity contribution is 0.742. The maximum absolute atomic E-state index is 5.27. The van der Waals surface area contributed by atoms with Crippen LogP contribution in [0, 0.1) is 12.3 Å². The van der Waals surface area contributed by atoms with E-state index in [1.165, 1.54) is 23.2 Å². The highest BCUT2D eigenvalue weighted by atomic mass is 15.2. The molecule has 4 heteroatoms. The first-order valence-electron chi connectivity index (χ1n) is 7.53. The Morgan fingerprint density at radius 2 is 2.29 bits per heavy atom. The normalized spacial score (nSPS) is 14.3. The summed E-state index contributed by atoms with van der Waals surface area (Å²) in [7, 11) is 2.16. The van der Waals surface area contributed by atoms with Crippen LogP contribution in [0.1, 0.15) is 24.5 Å². The van der Waals surface area contributed by atoms with Crippen LogP contribution < -0.4 is 15.5 Å². The van der Waals surface area contributed by atoms with Gasteiger partial charge in [0.05, 0.1) is 13.1 Å². The van der Waals surface area contributed by atoms with Crippen molar-refractivity contribution in [2.75, 3.05) is 31.6 Å². The van der Waals surface area contributed by atoms with E-state index in [0.29, 0.717) is 13.1 Å². The van der Waals surface area contributed by atoms with E-state index in [-0.39, 0.29) is 0 Å². The van der Waals surface area contributed by atoms with E-state index < -0.39 is 0 Å². The van der Waals surface area contributed by atoms with Gasteiger partial charge in [0.1, 0.15) is 0 Å². The Labute approximate surface area is 127 Å². The molecule has 0 unspecified atom stereocenters. The summed E-state index contributed by atoms with van der Waals surface area (Å²) in [5.41, 5.74) is 4.02. The third-order valence-corrected chi connectivity index (χ3v) is 3.62. The summed E-state index contributed by atoms with van der Waals surface area (Å²) in [4.78, 5) is 6.90. The molecule has 0 radical (unpaired) electrons. The molecule has 0 bridgehead atoms. The van der Waals surface area contributed by atoms with Gasteiger partial charge < -0.3 is 15.5 Å². The first-order chi connectivity index (χ1) is 10.2. The minimum absolute atomic E-state index is 0.487. The second kappa shape index (κ2) is 7.58. The molecule has 4 nitrogen and oxygen atoms in total. The molecule has 0 aliphatic carbocycles. The molecular weight excluding hydrogens is 260 g/mol. The van der Waals surface area contributed by atoms with Gasteiger partial charge in [0, 0.05) is 25.8 Å². The fourth-order valence-electron chi connectivity index (χ4n) is 2.58. The number of rotatable bonds is 4. The standard InChI is InChI=1S/C17H24N4/c1-4-10-19-17(18-5-2)20-13-14-8-9-16-15(12-14)7-6-11-21(16)3/h1,8-9,12H,5-7,10-11,13H2,2-3H3,(H2,18,19,20). The highest BCUT2D eigenvalue weighted by Gasteiger charge is 2.13. The summed E-state index contributed by atoms with van der Waals surface area (Å²) < 4.78 is 0. The second-order valence-corrected chi connectivity index (χ2v) is 5.24. The van der Waals surface area contributed by atoms with Gasteiger partial charge in [-0.25, -0.2) is 4.99 Å². The van der Waals surface area contributed by atoms with E-state index >= 15 is 0 Å². The number of terminal acetylenes is 1. The minimum atomic E-state index is 0.487. The third-order valence-electron chi connectivity index (χ3n) is 3.62. The number of aryl methyl sites for hydroxylation is 1. The van der Waals surface area contributed by atoms with Crippen molar-refractivity contribution in [3.63, 3.8) is 0 Å². The van der Waals surface area contributed by atoms with Crippen LogP contribution in [0.5, 0.6) is 0 Å². The fourth-order valence-corrected chi connectivity index (χ4v) is 2.58. The smallest absolute Gasteiger partial charge is 0.192 e. The number of nitrogens with one attached hydrogen (secondary N) is 2. The fraction of sp³-hybridized carbons (Fsp3) is 0.471. The lowest BCUT2D eigenvalue weighted by atomic mass is 10.00. The van der Waals surface area contributed by atoms with Gasteiger partial charge >= 0.3 is 0 Å². The highest BCUT2D eigenvalue weighted by molar-refractivity contribution is 5.80. The van der Waals surface area contributed by atoms with E-state index in [2.05, 4.69) is 51.7 Å². The lowest BCUT2D eigenvalue weighted by Gasteiger charge is -2.27. The van der Waals surface area contributed by atoms with Crippen LogP contribution >= 0.6 is 0 Å². The zero-order chi connectivity index (χ0) is 15.1. The van der Waals surface area contributed by atoms with Crippen molar-refractivity contribution in [1.82, 2.24) is 10.6 Å². The molecule has 0 amide bonds. The number of aliphatic imine (C=N–C) groups is 1. The quantitative estimate of drug-likeness (QED) is 0.503. The van der Waals surface area contributed by atoms with Crippen molar-refractivity contribution in [1.29, 1.82) is 0 Å². The predicted octanol–water partition coefficient (Wildman–Crippen LogP) is 1.76. The van der Waals surface area contributed by atoms with Crippen molar-refractivity contribution in [3.05, 3.63) is 29.3 Å². The van der Waals surface area contributed by atoms with E-state index in [9.17, 15) is 0 Å². The summed E-state index contributed by atoms with van der Waals surface area (Å²) in [6, 6.07) is 6.65. The monoisotopic (exact) mass is 284 g/mol. The summed E-state index contributed by atoms with van der Waals surface area (Å²) in [6.07, 6.45) is 7.65. The Balaban J connectivity index is 2.06. The van der Waals surface area contributed by atoms with Gasteiger partial charge in [-0.1, -0.05) is 18.1 Å². The van der Waals surface area contributed by atoms with Gasteiger partial charge in [-0.3, -0.25) is 0 Å². The van der Waals surface area contributed by atoms with Crippen LogP contribution in [0.2, 0.25) is 0 Å². The molecule has 1 aliphatic heterocycles. The van der Waals surface area contributed by atoms with Crippen molar-refractivity contribution >= 4 is 11.6 Å². The molecule has 0 aromatic heterocycles. The van der Waals surface area contributed by atoms with Gasteiger partial charge in [-0.2, -0.15) is 0 Å². The first kappa shape index (κ1) is 15.2. The molecule has 0 atom stereocenters. The van der Waals surface area contributed by atoms with Crippen molar-refractivity contribution in [3.8, 4) is 12.3 Å². The van der Waals surface area contributed by atoms with E-state index in [4.69, 9.17) is 6.42 Å². The molecule has 2 N–H and O–H groups in total. The average Bonchev–Trinajstić information content (AvgIpc) is 2.50. The van der Waals surface area contributed by atoms with Gasteiger partial charge in [-0.05, 0) is 37.0 Å². The number of guanidine groups is 1. The minimum Gasteiger partial charge on any atom is -0.374 e. The average molecular weight is 284 g/mol. The first-order valence-corrected chi connectivity index (χ1v) is 7.53. The number of fused-ring (bicyclic) bond motifs is 1. The highest BCUT2D eigenvalue weighted by Crippen LogP contribution is 2.26. The molecule has 0 fully saturated rings. The maximum atomic E-state index is 5.27. The Morgan fingerprint density at radius 1 is 1.43 bits per heavy atom. The van der Waals surface area contributed by atoms with Crippen molar-refractivity contribution in [2.24, 2.45) is 4.99 Å². The maximum Gasteiger partial charge on any atom is 0.192 e. The van der Waals surface area contributed by atoms with Crippen LogP contribution in [0.15, 0.2) is 23.2 Å². The molecular formula is C17H24N4. The molecule has 1 heterocycles. The number of hydrogen-bond acceptors (Lipinski definition) is 2. The molecule has 112 valence electrons. The molecule has 1 aliphatic rings. The molecule has 2 rings (SSSR count). The molecule has 0 saturated heterocycles. The number of anilines is 1. The van der Waals surface area contributed by atoms with Crippen LogP contribution in [0.4, 0.5) is 5.69 Å². The van der Waals surface area contributed by atoms with E-state index in [1.54, 1.807) is 0 Å². The summed E-state index contributed by atoms with van der Waals surface area (Å²) in [6.45, 7) is 5.16. The van der Waals surface area contributed by atoms with Gasteiger partial charge in [0.15, 0.2) is 5.96 Å².